The summed E-state index contributed by atoms with van der Waals surface area (Å²) in [5, 5.41) is 0. The van der Waals surface area contributed by atoms with Crippen LogP contribution >= 0.6 is 0 Å². The van der Waals surface area contributed by atoms with E-state index in [4.69, 9.17) is 10.3 Å². The summed E-state index contributed by atoms with van der Waals surface area (Å²) in [6, 6.07) is 1.86. The van der Waals surface area contributed by atoms with Gasteiger partial charge in [-0.2, -0.15) is 0 Å². The molecule has 0 bridgehead atoms. The van der Waals surface area contributed by atoms with Gasteiger partial charge in [0.15, 0.2) is 9.84 Å². The van der Waals surface area contributed by atoms with Crippen LogP contribution in [0.3, 0.4) is 0 Å². The summed E-state index contributed by atoms with van der Waals surface area (Å²) in [4.78, 5) is 0. The molecule has 0 aliphatic carbocycles. The van der Waals surface area contributed by atoms with Gasteiger partial charge < -0.3 is 4.42 Å². The Hall–Kier alpha value is -0.850. The zero-order valence-corrected chi connectivity index (χ0v) is 9.74. The molecule has 90 valence electrons. The second kappa shape index (κ2) is 4.57. The van der Waals surface area contributed by atoms with Crippen LogP contribution in [0.4, 0.5) is 0 Å². The van der Waals surface area contributed by atoms with E-state index in [1.165, 1.54) is 0 Å². The second-order valence-corrected chi connectivity index (χ2v) is 6.50. The Morgan fingerprint density at radius 2 is 2.44 bits per heavy atom. The molecule has 1 aromatic heterocycles. The van der Waals surface area contributed by atoms with E-state index in [9.17, 15) is 8.42 Å². The van der Waals surface area contributed by atoms with Crippen molar-refractivity contribution in [1.82, 2.24) is 5.43 Å². The van der Waals surface area contributed by atoms with Crippen LogP contribution in [0.1, 0.15) is 12.0 Å². The minimum Gasteiger partial charge on any atom is -0.472 e. The van der Waals surface area contributed by atoms with Crippen molar-refractivity contribution < 1.29 is 12.8 Å². The fourth-order valence-electron chi connectivity index (χ4n) is 2.17. The average Bonchev–Trinajstić information content (AvgIpc) is 2.83. The van der Waals surface area contributed by atoms with E-state index in [-0.39, 0.29) is 23.5 Å². The Morgan fingerprint density at radius 3 is 2.94 bits per heavy atom. The first-order valence-electron chi connectivity index (χ1n) is 5.28. The fraction of sp³-hybridized carbons (Fsp3) is 0.600. The molecule has 1 aliphatic rings. The first kappa shape index (κ1) is 11.6. The van der Waals surface area contributed by atoms with Gasteiger partial charge in [-0.15, -0.1) is 0 Å². The van der Waals surface area contributed by atoms with Crippen molar-refractivity contribution in [3.8, 4) is 0 Å². The molecule has 1 saturated heterocycles. The van der Waals surface area contributed by atoms with Crippen LogP contribution in [0.2, 0.25) is 0 Å². The molecule has 0 amide bonds. The SMILES string of the molecule is NNC(Cc1ccoc1)C1CCS(=O)(=O)C1. The van der Waals surface area contributed by atoms with Crippen molar-refractivity contribution in [3.63, 3.8) is 0 Å². The van der Waals surface area contributed by atoms with Gasteiger partial charge in [-0.25, -0.2) is 8.42 Å². The highest BCUT2D eigenvalue weighted by Gasteiger charge is 2.33. The van der Waals surface area contributed by atoms with E-state index >= 15 is 0 Å². The predicted octanol–water partition coefficient (Wildman–Crippen LogP) is 0.0887. The monoisotopic (exact) mass is 244 g/mol. The smallest absolute Gasteiger partial charge is 0.150 e. The summed E-state index contributed by atoms with van der Waals surface area (Å²) in [5.41, 5.74) is 3.75. The average molecular weight is 244 g/mol. The van der Waals surface area contributed by atoms with Crippen LogP contribution in [0.5, 0.6) is 0 Å². The second-order valence-electron chi connectivity index (χ2n) is 4.27. The predicted molar refractivity (Wildman–Crippen MR) is 60.3 cm³/mol. The molecule has 16 heavy (non-hydrogen) atoms. The lowest BCUT2D eigenvalue weighted by Gasteiger charge is -2.20. The third-order valence-corrected chi connectivity index (χ3v) is 4.88. The number of hydrazine groups is 1. The first-order valence-corrected chi connectivity index (χ1v) is 7.10. The zero-order chi connectivity index (χ0) is 11.6. The number of furan rings is 1. The highest BCUT2D eigenvalue weighted by Crippen LogP contribution is 2.23. The molecular formula is C10H16N2O3S. The molecule has 0 spiro atoms. The summed E-state index contributed by atoms with van der Waals surface area (Å²) in [6.07, 6.45) is 4.66. The Morgan fingerprint density at radius 1 is 1.62 bits per heavy atom. The minimum absolute atomic E-state index is 0.00475. The Balaban J connectivity index is 2.01. The van der Waals surface area contributed by atoms with Gasteiger partial charge in [0, 0.05) is 6.04 Å². The molecule has 5 nitrogen and oxygen atoms in total. The van der Waals surface area contributed by atoms with Gasteiger partial charge in [-0.05, 0) is 30.4 Å². The number of rotatable bonds is 4. The molecule has 2 unspecified atom stereocenters. The molecule has 0 radical (unpaired) electrons. The van der Waals surface area contributed by atoms with Crippen LogP contribution in [-0.4, -0.2) is 26.0 Å². The zero-order valence-electron chi connectivity index (χ0n) is 8.93. The molecule has 1 aliphatic heterocycles. The minimum atomic E-state index is -2.85. The molecule has 3 N–H and O–H groups in total. The van der Waals surface area contributed by atoms with Gasteiger partial charge in [-0.3, -0.25) is 11.3 Å². The van der Waals surface area contributed by atoms with E-state index in [1.54, 1.807) is 12.5 Å². The molecule has 1 fully saturated rings. The molecule has 2 heterocycles. The number of nitrogens with one attached hydrogen (secondary N) is 1. The van der Waals surface area contributed by atoms with Crippen LogP contribution in [-0.2, 0) is 16.3 Å². The third-order valence-electron chi connectivity index (χ3n) is 3.09. The van der Waals surface area contributed by atoms with Gasteiger partial charge in [0.05, 0.1) is 24.0 Å². The van der Waals surface area contributed by atoms with E-state index in [0.29, 0.717) is 12.8 Å². The van der Waals surface area contributed by atoms with Gasteiger partial charge >= 0.3 is 0 Å². The summed E-state index contributed by atoms with van der Waals surface area (Å²) in [6.45, 7) is 0. The maximum Gasteiger partial charge on any atom is 0.150 e. The highest BCUT2D eigenvalue weighted by atomic mass is 32.2. The quantitative estimate of drug-likeness (QED) is 0.579. The fourth-order valence-corrected chi connectivity index (χ4v) is 4.05. The van der Waals surface area contributed by atoms with Gasteiger partial charge in [0.2, 0.25) is 0 Å². The van der Waals surface area contributed by atoms with Crippen molar-refractivity contribution in [2.75, 3.05) is 11.5 Å². The van der Waals surface area contributed by atoms with Gasteiger partial charge in [-0.1, -0.05) is 0 Å². The molecule has 0 saturated carbocycles. The van der Waals surface area contributed by atoms with Crippen LogP contribution in [0.25, 0.3) is 0 Å². The lowest BCUT2D eigenvalue weighted by atomic mass is 9.95. The Bertz CT molecular complexity index is 427. The number of hydrogen-bond acceptors (Lipinski definition) is 5. The van der Waals surface area contributed by atoms with Gasteiger partial charge in [0.1, 0.15) is 0 Å². The van der Waals surface area contributed by atoms with Gasteiger partial charge in [0.25, 0.3) is 0 Å². The largest absolute Gasteiger partial charge is 0.472 e. The van der Waals surface area contributed by atoms with Crippen LogP contribution in [0.15, 0.2) is 23.0 Å². The summed E-state index contributed by atoms with van der Waals surface area (Å²) < 4.78 is 27.7. The molecule has 0 aromatic carbocycles. The number of nitrogens with two attached hydrogens (primary N) is 1. The van der Waals surface area contributed by atoms with E-state index in [2.05, 4.69) is 5.43 Å². The molecule has 1 aromatic rings. The lowest BCUT2D eigenvalue weighted by Crippen LogP contribution is -2.42. The van der Waals surface area contributed by atoms with E-state index in [0.717, 1.165) is 5.56 Å². The molecule has 2 rings (SSSR count). The molecule has 2 atom stereocenters. The van der Waals surface area contributed by atoms with Crippen molar-refractivity contribution in [3.05, 3.63) is 24.2 Å². The number of sulfone groups is 1. The van der Waals surface area contributed by atoms with Crippen molar-refractivity contribution in [1.29, 1.82) is 0 Å². The molecule has 6 heteroatoms. The third kappa shape index (κ3) is 2.63. The van der Waals surface area contributed by atoms with E-state index < -0.39 is 9.84 Å². The summed E-state index contributed by atoms with van der Waals surface area (Å²) >= 11 is 0. The topological polar surface area (TPSA) is 85.3 Å². The summed E-state index contributed by atoms with van der Waals surface area (Å²) in [5.74, 6) is 6.10. The van der Waals surface area contributed by atoms with Crippen molar-refractivity contribution in [2.24, 2.45) is 11.8 Å². The first-order chi connectivity index (χ1) is 7.61. The molecular weight excluding hydrogens is 228 g/mol. The standard InChI is InChI=1S/C10H16N2O3S/c11-12-10(5-8-1-3-15-6-8)9-2-4-16(13,14)7-9/h1,3,6,9-10,12H,2,4-5,7,11H2. The normalized spacial score (nSPS) is 25.7. The van der Waals surface area contributed by atoms with Crippen molar-refractivity contribution in [2.45, 2.75) is 18.9 Å². The highest BCUT2D eigenvalue weighted by molar-refractivity contribution is 7.91. The van der Waals surface area contributed by atoms with Crippen LogP contribution < -0.4 is 11.3 Å². The number of hydrogen-bond donors (Lipinski definition) is 2. The Kier molecular flexibility index (Phi) is 3.32. The van der Waals surface area contributed by atoms with Crippen LogP contribution in [0, 0.1) is 5.92 Å². The Labute approximate surface area is 94.9 Å². The maximum atomic E-state index is 11.4. The van der Waals surface area contributed by atoms with Crippen molar-refractivity contribution >= 4 is 9.84 Å². The van der Waals surface area contributed by atoms with E-state index in [1.807, 2.05) is 6.07 Å². The lowest BCUT2D eigenvalue weighted by molar-refractivity contribution is 0.384. The summed E-state index contributed by atoms with van der Waals surface area (Å²) in [7, 11) is -2.85. The maximum absolute atomic E-state index is 11.4.